The first-order valence-electron chi connectivity index (χ1n) is 5.78. The van der Waals surface area contributed by atoms with Crippen LogP contribution in [0.3, 0.4) is 0 Å². The lowest BCUT2D eigenvalue weighted by molar-refractivity contribution is 0.474. The van der Waals surface area contributed by atoms with Crippen molar-refractivity contribution in [2.75, 3.05) is 5.75 Å². The number of hydrogen-bond acceptors (Lipinski definition) is 2. The molecule has 0 aliphatic carbocycles. The summed E-state index contributed by atoms with van der Waals surface area (Å²) in [5, 5.41) is 4.52. The van der Waals surface area contributed by atoms with Gasteiger partial charge in [0.05, 0.1) is 0 Å². The summed E-state index contributed by atoms with van der Waals surface area (Å²) >= 11 is 5.54. The van der Waals surface area contributed by atoms with E-state index in [0.29, 0.717) is 12.1 Å². The van der Waals surface area contributed by atoms with Gasteiger partial charge in [0.25, 0.3) is 0 Å². The predicted molar refractivity (Wildman–Crippen MR) is 76.0 cm³/mol. The molecule has 0 saturated carbocycles. The maximum atomic E-state index is 3.71. The van der Waals surface area contributed by atoms with Crippen LogP contribution in [-0.2, 0) is 0 Å². The van der Waals surface area contributed by atoms with Gasteiger partial charge in [-0.2, -0.15) is 11.8 Å². The van der Waals surface area contributed by atoms with E-state index in [2.05, 4.69) is 71.1 Å². The summed E-state index contributed by atoms with van der Waals surface area (Å²) in [6, 6.07) is 9.72. The molecule has 1 saturated heterocycles. The van der Waals surface area contributed by atoms with Gasteiger partial charge < -0.3 is 5.32 Å². The Morgan fingerprint density at radius 1 is 1.38 bits per heavy atom. The quantitative estimate of drug-likeness (QED) is 0.905. The molecule has 0 radical (unpaired) electrons. The summed E-state index contributed by atoms with van der Waals surface area (Å²) < 4.78 is 1.15. The molecule has 1 aromatic carbocycles. The summed E-state index contributed by atoms with van der Waals surface area (Å²) in [7, 11) is 0. The van der Waals surface area contributed by atoms with Gasteiger partial charge in [0.2, 0.25) is 0 Å². The van der Waals surface area contributed by atoms with E-state index in [1.165, 1.54) is 17.7 Å². The molecule has 88 valence electrons. The summed E-state index contributed by atoms with van der Waals surface area (Å²) in [4.78, 5) is 0. The average molecular weight is 300 g/mol. The number of nitrogens with one attached hydrogen (secondary N) is 1. The third-order valence-electron chi connectivity index (χ3n) is 3.05. The van der Waals surface area contributed by atoms with Crippen molar-refractivity contribution in [1.29, 1.82) is 0 Å². The van der Waals surface area contributed by atoms with Crippen LogP contribution in [0.4, 0.5) is 0 Å². The van der Waals surface area contributed by atoms with Crippen LogP contribution in [0.5, 0.6) is 0 Å². The van der Waals surface area contributed by atoms with E-state index in [9.17, 15) is 0 Å². The second kappa shape index (κ2) is 5.56. The van der Waals surface area contributed by atoms with Crippen LogP contribution in [0, 0.1) is 0 Å². The lowest BCUT2D eigenvalue weighted by atomic mass is 10.1. The van der Waals surface area contributed by atoms with E-state index in [1.54, 1.807) is 0 Å². The van der Waals surface area contributed by atoms with Gasteiger partial charge in [-0.15, -0.1) is 0 Å². The third-order valence-corrected chi connectivity index (χ3v) is 4.94. The smallest absolute Gasteiger partial charge is 0.0294 e. The Hall–Kier alpha value is 0.01000. The van der Waals surface area contributed by atoms with Crippen LogP contribution in [-0.4, -0.2) is 17.0 Å². The summed E-state index contributed by atoms with van der Waals surface area (Å²) in [5.41, 5.74) is 1.37. The minimum atomic E-state index is 0.448. The molecule has 0 bridgehead atoms. The molecular formula is C13H18BrNS. The van der Waals surface area contributed by atoms with E-state index in [-0.39, 0.29) is 0 Å². The SMILES string of the molecule is CC1CC(N[C@H](C)c2ccc(Br)cc2)CS1. The zero-order valence-corrected chi connectivity index (χ0v) is 12.1. The van der Waals surface area contributed by atoms with Crippen molar-refractivity contribution in [2.45, 2.75) is 37.6 Å². The van der Waals surface area contributed by atoms with Gasteiger partial charge in [0, 0.05) is 27.6 Å². The van der Waals surface area contributed by atoms with E-state index >= 15 is 0 Å². The summed E-state index contributed by atoms with van der Waals surface area (Å²) in [5.74, 6) is 1.25. The first-order valence-corrected chi connectivity index (χ1v) is 7.62. The Morgan fingerprint density at radius 3 is 2.62 bits per heavy atom. The molecule has 0 amide bonds. The van der Waals surface area contributed by atoms with Gasteiger partial charge in [-0.3, -0.25) is 0 Å². The Balaban J connectivity index is 1.92. The maximum absolute atomic E-state index is 3.71. The van der Waals surface area contributed by atoms with E-state index in [0.717, 1.165) is 9.72 Å². The molecular weight excluding hydrogens is 282 g/mol. The predicted octanol–water partition coefficient (Wildman–Crippen LogP) is 3.99. The Kier molecular flexibility index (Phi) is 4.34. The molecule has 2 unspecified atom stereocenters. The second-order valence-electron chi connectivity index (χ2n) is 4.52. The average Bonchev–Trinajstić information content (AvgIpc) is 2.65. The Labute approximate surface area is 111 Å². The largest absolute Gasteiger partial charge is 0.307 e. The maximum Gasteiger partial charge on any atom is 0.0294 e. The van der Waals surface area contributed by atoms with Crippen LogP contribution >= 0.6 is 27.7 Å². The molecule has 2 rings (SSSR count). The normalized spacial score (nSPS) is 26.9. The minimum absolute atomic E-state index is 0.448. The molecule has 0 spiro atoms. The zero-order valence-electron chi connectivity index (χ0n) is 9.74. The van der Waals surface area contributed by atoms with Crippen LogP contribution in [0.25, 0.3) is 0 Å². The molecule has 1 aromatic rings. The van der Waals surface area contributed by atoms with Gasteiger partial charge >= 0.3 is 0 Å². The van der Waals surface area contributed by atoms with Crippen LogP contribution in [0.15, 0.2) is 28.7 Å². The fraction of sp³-hybridized carbons (Fsp3) is 0.538. The third kappa shape index (κ3) is 3.25. The number of halogens is 1. The summed E-state index contributed by atoms with van der Waals surface area (Å²) in [6.45, 7) is 4.56. The van der Waals surface area contributed by atoms with Crippen molar-refractivity contribution in [3.05, 3.63) is 34.3 Å². The van der Waals surface area contributed by atoms with Crippen molar-refractivity contribution in [1.82, 2.24) is 5.32 Å². The Bertz CT molecular complexity index is 338. The van der Waals surface area contributed by atoms with E-state index < -0.39 is 0 Å². The number of thioether (sulfide) groups is 1. The van der Waals surface area contributed by atoms with Gasteiger partial charge in [0.1, 0.15) is 0 Å². The van der Waals surface area contributed by atoms with Crippen molar-refractivity contribution in [3.63, 3.8) is 0 Å². The highest BCUT2D eigenvalue weighted by Crippen LogP contribution is 2.28. The van der Waals surface area contributed by atoms with Crippen LogP contribution in [0.1, 0.15) is 31.9 Å². The highest BCUT2D eigenvalue weighted by atomic mass is 79.9. The first-order chi connectivity index (χ1) is 7.65. The highest BCUT2D eigenvalue weighted by Gasteiger charge is 2.23. The molecule has 1 nitrogen and oxygen atoms in total. The van der Waals surface area contributed by atoms with Crippen molar-refractivity contribution in [2.24, 2.45) is 0 Å². The number of rotatable bonds is 3. The zero-order chi connectivity index (χ0) is 11.5. The lowest BCUT2D eigenvalue weighted by Crippen LogP contribution is -2.31. The topological polar surface area (TPSA) is 12.0 Å². The molecule has 16 heavy (non-hydrogen) atoms. The molecule has 3 atom stereocenters. The molecule has 3 heteroatoms. The molecule has 1 aliphatic rings. The fourth-order valence-corrected chi connectivity index (χ4v) is 3.56. The molecule has 1 N–H and O–H groups in total. The second-order valence-corrected chi connectivity index (χ2v) is 6.90. The number of benzene rings is 1. The molecule has 1 heterocycles. The van der Waals surface area contributed by atoms with Crippen LogP contribution in [0.2, 0.25) is 0 Å². The lowest BCUT2D eigenvalue weighted by Gasteiger charge is -2.19. The van der Waals surface area contributed by atoms with Crippen LogP contribution < -0.4 is 5.32 Å². The monoisotopic (exact) mass is 299 g/mol. The number of hydrogen-bond donors (Lipinski definition) is 1. The fourth-order valence-electron chi connectivity index (χ4n) is 2.13. The van der Waals surface area contributed by atoms with Gasteiger partial charge in [-0.05, 0) is 31.0 Å². The molecule has 1 aliphatic heterocycles. The molecule has 0 aromatic heterocycles. The van der Waals surface area contributed by atoms with Crippen molar-refractivity contribution >= 4 is 27.7 Å². The minimum Gasteiger partial charge on any atom is -0.307 e. The Morgan fingerprint density at radius 2 is 2.06 bits per heavy atom. The van der Waals surface area contributed by atoms with E-state index in [4.69, 9.17) is 0 Å². The first kappa shape index (κ1) is 12.5. The standard InChI is InChI=1S/C13H18BrNS/c1-9-7-13(8-16-9)15-10(2)11-3-5-12(14)6-4-11/h3-6,9-10,13,15H,7-8H2,1-2H3/t9?,10-,13?/m1/s1. The van der Waals surface area contributed by atoms with Crippen molar-refractivity contribution < 1.29 is 0 Å². The molecule has 1 fully saturated rings. The van der Waals surface area contributed by atoms with Gasteiger partial charge in [-0.1, -0.05) is 35.0 Å². The summed E-state index contributed by atoms with van der Waals surface area (Å²) in [6.07, 6.45) is 1.30. The van der Waals surface area contributed by atoms with Crippen molar-refractivity contribution in [3.8, 4) is 0 Å². The van der Waals surface area contributed by atoms with Gasteiger partial charge in [0.15, 0.2) is 0 Å². The van der Waals surface area contributed by atoms with E-state index in [1.807, 2.05) is 0 Å². The highest BCUT2D eigenvalue weighted by molar-refractivity contribution is 9.10. The van der Waals surface area contributed by atoms with Gasteiger partial charge in [-0.25, -0.2) is 0 Å².